The molecule has 0 unspecified atom stereocenters. The van der Waals surface area contributed by atoms with Gasteiger partial charge in [-0.25, -0.2) is 9.37 Å². The number of nitrogens with zero attached hydrogens (tertiary/aromatic N) is 5. The molecular formula is C24H30FN7O3. The van der Waals surface area contributed by atoms with Gasteiger partial charge in [0.2, 0.25) is 11.9 Å². The number of aromatic nitrogens is 4. The first-order valence-corrected chi connectivity index (χ1v) is 11.2. The summed E-state index contributed by atoms with van der Waals surface area (Å²) in [5.74, 6) is 1.02. The number of fused-ring (bicyclic) bond motifs is 1. The molecule has 0 bridgehead atoms. The second-order valence-corrected chi connectivity index (χ2v) is 9.00. The van der Waals surface area contributed by atoms with E-state index in [2.05, 4.69) is 25.7 Å². The lowest BCUT2D eigenvalue weighted by molar-refractivity contribution is -0.124. The van der Waals surface area contributed by atoms with Gasteiger partial charge in [-0.15, -0.1) is 0 Å². The summed E-state index contributed by atoms with van der Waals surface area (Å²) >= 11 is 0. The largest absolute Gasteiger partial charge is 0.496 e. The third-order valence-electron chi connectivity index (χ3n) is 6.19. The molecule has 3 heterocycles. The van der Waals surface area contributed by atoms with E-state index in [1.54, 1.807) is 24.1 Å². The number of ether oxygens (including phenoxy) is 2. The van der Waals surface area contributed by atoms with Crippen molar-refractivity contribution in [3.8, 4) is 5.75 Å². The zero-order valence-electron chi connectivity index (χ0n) is 20.7. The van der Waals surface area contributed by atoms with Crippen LogP contribution in [0.25, 0.3) is 0 Å². The number of benzene rings is 1. The molecule has 0 aliphatic carbocycles. The van der Waals surface area contributed by atoms with Gasteiger partial charge in [0.05, 0.1) is 31.1 Å². The Hall–Kier alpha value is -3.73. The van der Waals surface area contributed by atoms with E-state index in [4.69, 9.17) is 9.47 Å². The predicted octanol–water partition coefficient (Wildman–Crippen LogP) is 2.97. The van der Waals surface area contributed by atoms with Crippen LogP contribution in [0.1, 0.15) is 30.7 Å². The van der Waals surface area contributed by atoms with Crippen molar-refractivity contribution in [2.45, 2.75) is 45.5 Å². The van der Waals surface area contributed by atoms with E-state index in [0.717, 1.165) is 11.1 Å². The van der Waals surface area contributed by atoms with Crippen LogP contribution < -0.4 is 20.3 Å². The van der Waals surface area contributed by atoms with E-state index < -0.39 is 11.6 Å². The Morgan fingerprint density at radius 2 is 2.03 bits per heavy atom. The van der Waals surface area contributed by atoms with Crippen LogP contribution in [0.3, 0.4) is 0 Å². The van der Waals surface area contributed by atoms with Gasteiger partial charge >= 0.3 is 0 Å². The lowest BCUT2D eigenvalue weighted by Gasteiger charge is -2.42. The molecule has 35 heavy (non-hydrogen) atoms. The van der Waals surface area contributed by atoms with E-state index in [1.807, 2.05) is 38.9 Å². The number of likely N-dealkylation sites (N-methyl/N-ethyl adjacent to an activating group) is 1. The maximum atomic E-state index is 13.5. The Balaban J connectivity index is 1.49. The van der Waals surface area contributed by atoms with Crippen LogP contribution in [0, 0.1) is 12.7 Å². The quantitative estimate of drug-likeness (QED) is 0.504. The summed E-state index contributed by atoms with van der Waals surface area (Å²) in [5, 5.41) is 10.6. The van der Waals surface area contributed by atoms with Crippen LogP contribution in [0.4, 0.5) is 21.8 Å². The molecule has 186 valence electrons. The minimum absolute atomic E-state index is 0.163. The number of aryl methyl sites for hydroxylation is 1. The molecule has 4 rings (SSSR count). The summed E-state index contributed by atoms with van der Waals surface area (Å²) in [7, 11) is 4.92. The van der Waals surface area contributed by atoms with Gasteiger partial charge in [0.1, 0.15) is 23.3 Å². The summed E-state index contributed by atoms with van der Waals surface area (Å²) in [6, 6.07) is 3.89. The molecule has 0 saturated heterocycles. The molecule has 11 heteroatoms. The number of amides is 1. The smallest absolute Gasteiger partial charge is 0.250 e. The van der Waals surface area contributed by atoms with E-state index >= 15 is 0 Å². The van der Waals surface area contributed by atoms with Gasteiger partial charge in [-0.05, 0) is 26.8 Å². The molecule has 1 atom stereocenters. The van der Waals surface area contributed by atoms with Crippen molar-refractivity contribution in [3.63, 3.8) is 0 Å². The van der Waals surface area contributed by atoms with Crippen molar-refractivity contribution < 1.29 is 18.7 Å². The second kappa shape index (κ2) is 9.49. The summed E-state index contributed by atoms with van der Waals surface area (Å²) in [6.07, 6.45) is 3.64. The average Bonchev–Trinajstić information content (AvgIpc) is 3.27. The van der Waals surface area contributed by atoms with Crippen molar-refractivity contribution in [1.29, 1.82) is 0 Å². The normalized spacial score (nSPS) is 15.6. The number of rotatable bonds is 8. The fourth-order valence-electron chi connectivity index (χ4n) is 4.21. The van der Waals surface area contributed by atoms with Crippen molar-refractivity contribution in [2.75, 3.05) is 36.8 Å². The number of halogens is 1. The van der Waals surface area contributed by atoms with Crippen LogP contribution >= 0.6 is 0 Å². The van der Waals surface area contributed by atoms with Crippen molar-refractivity contribution in [3.05, 3.63) is 53.2 Å². The second-order valence-electron chi connectivity index (χ2n) is 9.00. The lowest BCUT2D eigenvalue weighted by atomic mass is 9.94. The van der Waals surface area contributed by atoms with E-state index in [0.29, 0.717) is 42.0 Å². The van der Waals surface area contributed by atoms with Gasteiger partial charge in [0.15, 0.2) is 5.82 Å². The van der Waals surface area contributed by atoms with Gasteiger partial charge in [-0.1, -0.05) is 6.07 Å². The van der Waals surface area contributed by atoms with E-state index in [9.17, 15) is 9.18 Å². The molecule has 1 aliphatic heterocycles. The molecule has 0 fully saturated rings. The van der Waals surface area contributed by atoms with E-state index in [-0.39, 0.29) is 11.7 Å². The number of methoxy groups -OCH3 is 2. The lowest BCUT2D eigenvalue weighted by Crippen LogP contribution is -2.58. The van der Waals surface area contributed by atoms with Crippen molar-refractivity contribution in [1.82, 2.24) is 19.7 Å². The molecule has 1 amide bonds. The van der Waals surface area contributed by atoms with Crippen LogP contribution in [0.2, 0.25) is 0 Å². The maximum absolute atomic E-state index is 13.5. The Morgan fingerprint density at radius 3 is 2.74 bits per heavy atom. The first kappa shape index (κ1) is 24.4. The standard InChI is InChI=1S/C24H30FN7O3/c1-14-19-21(31(4)20(22(33)29-19)24(2,3)35-6)30-23(28-14)26-10-15-11-27-32(12-15)13-16-7-8-17(25)9-18(16)34-5/h7-9,11-12,20H,10,13H2,1-6H3,(H,29,33)(H,26,28,30)/t20-/m1/s1. The van der Waals surface area contributed by atoms with Crippen LogP contribution in [0.5, 0.6) is 5.75 Å². The van der Waals surface area contributed by atoms with Gasteiger partial charge < -0.3 is 25.0 Å². The molecular weight excluding hydrogens is 453 g/mol. The highest BCUT2D eigenvalue weighted by molar-refractivity contribution is 6.04. The van der Waals surface area contributed by atoms with Crippen LogP contribution in [0.15, 0.2) is 30.6 Å². The van der Waals surface area contributed by atoms with Gasteiger partial charge in [0, 0.05) is 44.1 Å². The molecule has 1 aliphatic rings. The first-order chi connectivity index (χ1) is 16.6. The highest BCUT2D eigenvalue weighted by Crippen LogP contribution is 2.36. The number of hydrogen-bond acceptors (Lipinski definition) is 8. The third kappa shape index (κ3) is 4.90. The van der Waals surface area contributed by atoms with Crippen molar-refractivity contribution >= 4 is 23.4 Å². The topological polar surface area (TPSA) is 106 Å². The van der Waals surface area contributed by atoms with Gasteiger partial charge in [0.25, 0.3) is 0 Å². The van der Waals surface area contributed by atoms with Gasteiger partial charge in [-0.3, -0.25) is 9.48 Å². The average molecular weight is 484 g/mol. The molecule has 2 aromatic heterocycles. The van der Waals surface area contributed by atoms with Gasteiger partial charge in [-0.2, -0.15) is 10.1 Å². The minimum Gasteiger partial charge on any atom is -0.496 e. The van der Waals surface area contributed by atoms with Crippen LogP contribution in [-0.4, -0.2) is 58.6 Å². The molecule has 0 radical (unpaired) electrons. The zero-order chi connectivity index (χ0) is 25.3. The molecule has 2 N–H and O–H groups in total. The zero-order valence-corrected chi connectivity index (χ0v) is 20.7. The summed E-state index contributed by atoms with van der Waals surface area (Å²) in [5.41, 5.74) is 2.27. The van der Waals surface area contributed by atoms with E-state index in [1.165, 1.54) is 19.2 Å². The van der Waals surface area contributed by atoms with Crippen LogP contribution in [-0.2, 0) is 22.6 Å². The maximum Gasteiger partial charge on any atom is 0.250 e. The molecule has 0 spiro atoms. The third-order valence-corrected chi connectivity index (χ3v) is 6.19. The number of hydrogen-bond donors (Lipinski definition) is 2. The highest BCUT2D eigenvalue weighted by atomic mass is 19.1. The van der Waals surface area contributed by atoms with Crippen molar-refractivity contribution in [2.24, 2.45) is 0 Å². The number of carbonyl (C=O) groups excluding carboxylic acids is 1. The molecule has 10 nitrogen and oxygen atoms in total. The monoisotopic (exact) mass is 483 g/mol. The fourth-order valence-corrected chi connectivity index (χ4v) is 4.21. The fraction of sp³-hybridized carbons (Fsp3) is 0.417. The number of nitrogens with one attached hydrogen (secondary N) is 2. The number of carbonyl (C=O) groups is 1. The minimum atomic E-state index is -0.718. The molecule has 0 saturated carbocycles. The highest BCUT2D eigenvalue weighted by Gasteiger charge is 2.43. The molecule has 3 aromatic rings. The summed E-state index contributed by atoms with van der Waals surface area (Å²) in [4.78, 5) is 23.8. The Bertz CT molecular complexity index is 1240. The number of anilines is 3. The Morgan fingerprint density at radius 1 is 1.26 bits per heavy atom. The first-order valence-electron chi connectivity index (χ1n) is 11.2. The Labute approximate surface area is 203 Å². The summed E-state index contributed by atoms with van der Waals surface area (Å²) < 4.78 is 26.1. The Kier molecular flexibility index (Phi) is 6.62. The molecule has 1 aromatic carbocycles. The summed E-state index contributed by atoms with van der Waals surface area (Å²) in [6.45, 7) is 6.45. The predicted molar refractivity (Wildman–Crippen MR) is 130 cm³/mol. The SMILES string of the molecule is COc1cc(F)ccc1Cn1cc(CNc2nc(C)c3c(n2)N(C)[C@@H](C(C)(C)OC)C(=O)N3)cn1.